The zero-order valence-electron chi connectivity index (χ0n) is 15.0. The van der Waals surface area contributed by atoms with Gasteiger partial charge in [0.15, 0.2) is 11.5 Å². The first-order valence-corrected chi connectivity index (χ1v) is 8.70. The predicted molar refractivity (Wildman–Crippen MR) is 103 cm³/mol. The number of fused-ring (bicyclic) bond motifs is 2. The second kappa shape index (κ2) is 6.71. The highest BCUT2D eigenvalue weighted by Gasteiger charge is 2.20. The van der Waals surface area contributed by atoms with E-state index < -0.39 is 0 Å². The van der Waals surface area contributed by atoms with Crippen LogP contribution in [0.15, 0.2) is 36.4 Å². The number of rotatable bonds is 3. The lowest BCUT2D eigenvalue weighted by Gasteiger charge is -2.24. The Hall–Kier alpha value is -3.02. The van der Waals surface area contributed by atoms with Crippen molar-refractivity contribution in [2.75, 3.05) is 31.4 Å². The van der Waals surface area contributed by atoms with Crippen molar-refractivity contribution in [1.29, 1.82) is 0 Å². The minimum atomic E-state index is 0.261. The van der Waals surface area contributed by atoms with Crippen molar-refractivity contribution in [3.8, 4) is 11.5 Å². The minimum Gasteiger partial charge on any atom is -0.493 e. The van der Waals surface area contributed by atoms with Crippen LogP contribution >= 0.6 is 0 Å². The summed E-state index contributed by atoms with van der Waals surface area (Å²) in [5.41, 5.74) is 9.49. The molecule has 1 aliphatic heterocycles. The van der Waals surface area contributed by atoms with Crippen molar-refractivity contribution in [2.24, 2.45) is 0 Å². The van der Waals surface area contributed by atoms with Gasteiger partial charge in [0.25, 0.3) is 0 Å². The fourth-order valence-electron chi connectivity index (χ4n) is 3.58. The SMILES string of the molecule is COc1cc2nc(N)nc(N3CCCc4ccccc4C3)c2cc1OC. The summed E-state index contributed by atoms with van der Waals surface area (Å²) in [7, 11) is 3.24. The first-order chi connectivity index (χ1) is 12.7. The van der Waals surface area contributed by atoms with Crippen LogP contribution in [0.25, 0.3) is 10.9 Å². The second-order valence-electron chi connectivity index (χ2n) is 6.42. The molecule has 134 valence electrons. The molecule has 0 spiro atoms. The van der Waals surface area contributed by atoms with Gasteiger partial charge in [-0.3, -0.25) is 0 Å². The van der Waals surface area contributed by atoms with Crippen LogP contribution in [0.1, 0.15) is 17.5 Å². The average Bonchev–Trinajstić information content (AvgIpc) is 2.88. The minimum absolute atomic E-state index is 0.261. The molecule has 6 nitrogen and oxygen atoms in total. The first kappa shape index (κ1) is 16.4. The zero-order chi connectivity index (χ0) is 18.1. The van der Waals surface area contributed by atoms with Gasteiger partial charge in [0, 0.05) is 24.5 Å². The summed E-state index contributed by atoms with van der Waals surface area (Å²) in [6.45, 7) is 1.71. The summed E-state index contributed by atoms with van der Waals surface area (Å²) in [6, 6.07) is 12.4. The summed E-state index contributed by atoms with van der Waals surface area (Å²) >= 11 is 0. The van der Waals surface area contributed by atoms with Crippen molar-refractivity contribution in [3.05, 3.63) is 47.5 Å². The number of nitrogens with two attached hydrogens (primary N) is 1. The molecule has 0 saturated carbocycles. The lowest BCUT2D eigenvalue weighted by atomic mass is 10.0. The van der Waals surface area contributed by atoms with E-state index in [0.717, 1.165) is 42.7 Å². The molecule has 0 radical (unpaired) electrons. The van der Waals surface area contributed by atoms with E-state index in [1.54, 1.807) is 14.2 Å². The fraction of sp³-hybridized carbons (Fsp3) is 0.300. The van der Waals surface area contributed by atoms with Crippen LogP contribution in [0.2, 0.25) is 0 Å². The number of methoxy groups -OCH3 is 2. The van der Waals surface area contributed by atoms with Gasteiger partial charge in [0.2, 0.25) is 5.95 Å². The van der Waals surface area contributed by atoms with Crippen LogP contribution in [0.3, 0.4) is 0 Å². The molecule has 0 aliphatic carbocycles. The number of benzene rings is 2. The van der Waals surface area contributed by atoms with E-state index in [9.17, 15) is 0 Å². The zero-order valence-corrected chi connectivity index (χ0v) is 15.0. The van der Waals surface area contributed by atoms with Crippen molar-refractivity contribution >= 4 is 22.7 Å². The first-order valence-electron chi connectivity index (χ1n) is 8.70. The molecule has 4 rings (SSSR count). The number of aromatic nitrogens is 2. The van der Waals surface area contributed by atoms with Crippen LogP contribution in [-0.2, 0) is 13.0 Å². The number of anilines is 2. The van der Waals surface area contributed by atoms with Crippen molar-refractivity contribution in [1.82, 2.24) is 9.97 Å². The Morgan fingerprint density at radius 3 is 2.50 bits per heavy atom. The average molecular weight is 350 g/mol. The van der Waals surface area contributed by atoms with E-state index in [4.69, 9.17) is 15.2 Å². The smallest absolute Gasteiger partial charge is 0.222 e. The number of hydrogen-bond donors (Lipinski definition) is 1. The van der Waals surface area contributed by atoms with Gasteiger partial charge >= 0.3 is 0 Å². The van der Waals surface area contributed by atoms with E-state index in [-0.39, 0.29) is 5.95 Å². The fourth-order valence-corrected chi connectivity index (χ4v) is 3.58. The largest absolute Gasteiger partial charge is 0.493 e. The van der Waals surface area contributed by atoms with Crippen molar-refractivity contribution in [3.63, 3.8) is 0 Å². The number of ether oxygens (including phenoxy) is 2. The summed E-state index contributed by atoms with van der Waals surface area (Å²) < 4.78 is 10.9. The second-order valence-corrected chi connectivity index (χ2v) is 6.42. The molecule has 0 unspecified atom stereocenters. The maximum Gasteiger partial charge on any atom is 0.222 e. The third kappa shape index (κ3) is 2.87. The molecule has 0 atom stereocenters. The van der Waals surface area contributed by atoms with Gasteiger partial charge in [-0.1, -0.05) is 24.3 Å². The molecule has 1 aromatic heterocycles. The standard InChI is InChI=1S/C20H22N4O2/c1-25-17-10-15-16(11-18(17)26-2)22-20(21)23-19(15)24-9-5-8-13-6-3-4-7-14(13)12-24/h3-4,6-7,10-11H,5,8-9,12H2,1-2H3,(H2,21,22,23). The molecule has 0 amide bonds. The Balaban J connectivity index is 1.85. The van der Waals surface area contributed by atoms with Gasteiger partial charge in [0.05, 0.1) is 19.7 Å². The Bertz CT molecular complexity index is 958. The van der Waals surface area contributed by atoms with E-state index in [1.807, 2.05) is 12.1 Å². The monoisotopic (exact) mass is 350 g/mol. The van der Waals surface area contributed by atoms with E-state index >= 15 is 0 Å². The molecule has 26 heavy (non-hydrogen) atoms. The summed E-state index contributed by atoms with van der Waals surface area (Å²) in [6.07, 6.45) is 2.14. The summed E-state index contributed by atoms with van der Waals surface area (Å²) in [5.74, 6) is 2.39. The molecule has 2 N–H and O–H groups in total. The molecular formula is C20H22N4O2. The van der Waals surface area contributed by atoms with Crippen molar-refractivity contribution < 1.29 is 9.47 Å². The van der Waals surface area contributed by atoms with Gasteiger partial charge in [0.1, 0.15) is 5.82 Å². The quantitative estimate of drug-likeness (QED) is 0.782. The van der Waals surface area contributed by atoms with E-state index in [0.29, 0.717) is 11.5 Å². The number of nitrogens with zero attached hydrogens (tertiary/aromatic N) is 3. The Morgan fingerprint density at radius 1 is 1.00 bits per heavy atom. The molecule has 2 aromatic carbocycles. The topological polar surface area (TPSA) is 73.5 Å². The predicted octanol–water partition coefficient (Wildman–Crippen LogP) is 3.18. The molecule has 2 heterocycles. The highest BCUT2D eigenvalue weighted by Crippen LogP contribution is 2.36. The van der Waals surface area contributed by atoms with E-state index in [1.165, 1.54) is 11.1 Å². The normalized spacial score (nSPS) is 14.0. The van der Waals surface area contributed by atoms with Gasteiger partial charge in [-0.05, 0) is 30.0 Å². The van der Waals surface area contributed by atoms with E-state index in [2.05, 4.69) is 39.1 Å². The molecular weight excluding hydrogens is 328 g/mol. The van der Waals surface area contributed by atoms with Gasteiger partial charge in [-0.2, -0.15) is 4.98 Å². The van der Waals surface area contributed by atoms with Crippen LogP contribution in [0, 0.1) is 0 Å². The Morgan fingerprint density at radius 2 is 1.73 bits per heavy atom. The van der Waals surface area contributed by atoms with Crippen LogP contribution in [-0.4, -0.2) is 30.7 Å². The summed E-state index contributed by atoms with van der Waals surface area (Å²) in [4.78, 5) is 11.2. The number of hydrogen-bond acceptors (Lipinski definition) is 6. The van der Waals surface area contributed by atoms with Crippen LogP contribution < -0.4 is 20.1 Å². The third-order valence-electron chi connectivity index (χ3n) is 4.85. The molecule has 6 heteroatoms. The molecule has 1 aliphatic rings. The number of aryl methyl sites for hydroxylation is 1. The summed E-state index contributed by atoms with van der Waals surface area (Å²) in [5, 5.41) is 0.913. The molecule has 0 saturated heterocycles. The highest BCUT2D eigenvalue weighted by atomic mass is 16.5. The van der Waals surface area contributed by atoms with Crippen molar-refractivity contribution in [2.45, 2.75) is 19.4 Å². The molecule has 3 aromatic rings. The highest BCUT2D eigenvalue weighted by molar-refractivity contribution is 5.93. The van der Waals surface area contributed by atoms with Gasteiger partial charge < -0.3 is 20.1 Å². The Kier molecular flexibility index (Phi) is 4.24. The lowest BCUT2D eigenvalue weighted by molar-refractivity contribution is 0.356. The lowest BCUT2D eigenvalue weighted by Crippen LogP contribution is -2.24. The Labute approximate surface area is 152 Å². The van der Waals surface area contributed by atoms with Crippen LogP contribution in [0.5, 0.6) is 11.5 Å². The molecule has 0 bridgehead atoms. The van der Waals surface area contributed by atoms with Gasteiger partial charge in [-0.15, -0.1) is 0 Å². The maximum absolute atomic E-state index is 6.01. The molecule has 0 fully saturated rings. The number of nitrogen functional groups attached to an aromatic ring is 1. The van der Waals surface area contributed by atoms with Gasteiger partial charge in [-0.25, -0.2) is 4.98 Å². The maximum atomic E-state index is 6.01. The van der Waals surface area contributed by atoms with Crippen LogP contribution in [0.4, 0.5) is 11.8 Å². The third-order valence-corrected chi connectivity index (χ3v) is 4.85.